The molecule has 3 unspecified atom stereocenters. The van der Waals surface area contributed by atoms with Crippen LogP contribution in [0.25, 0.3) is 0 Å². The highest BCUT2D eigenvalue weighted by Gasteiger charge is 2.33. The SMILES string of the molecule is CCC1CCC(NC(=O)NC(C)(C)CC(=O)O)C1C. The number of amides is 2. The van der Waals surface area contributed by atoms with Gasteiger partial charge in [0.15, 0.2) is 0 Å². The molecular formula is C14H26N2O3. The van der Waals surface area contributed by atoms with Gasteiger partial charge in [0.05, 0.1) is 6.42 Å². The van der Waals surface area contributed by atoms with Crippen molar-refractivity contribution in [3.63, 3.8) is 0 Å². The topological polar surface area (TPSA) is 78.4 Å². The van der Waals surface area contributed by atoms with Crippen LogP contribution in [-0.4, -0.2) is 28.7 Å². The molecular weight excluding hydrogens is 244 g/mol. The zero-order chi connectivity index (χ0) is 14.6. The highest BCUT2D eigenvalue weighted by molar-refractivity contribution is 5.76. The van der Waals surface area contributed by atoms with Gasteiger partial charge in [-0.1, -0.05) is 20.3 Å². The molecule has 110 valence electrons. The summed E-state index contributed by atoms with van der Waals surface area (Å²) < 4.78 is 0. The molecule has 0 radical (unpaired) electrons. The second-order valence-electron chi connectivity index (χ2n) is 6.26. The first kappa shape index (κ1) is 15.8. The summed E-state index contributed by atoms with van der Waals surface area (Å²) in [5.41, 5.74) is -0.734. The average Bonchev–Trinajstić information content (AvgIpc) is 2.56. The van der Waals surface area contributed by atoms with Gasteiger partial charge in [-0.3, -0.25) is 4.79 Å². The molecule has 0 aromatic rings. The number of carboxylic acid groups (broad SMARTS) is 1. The zero-order valence-electron chi connectivity index (χ0n) is 12.3. The van der Waals surface area contributed by atoms with Gasteiger partial charge in [0.1, 0.15) is 0 Å². The Morgan fingerprint density at radius 2 is 1.95 bits per heavy atom. The number of aliphatic carboxylic acids is 1. The highest BCUT2D eigenvalue weighted by Crippen LogP contribution is 2.33. The van der Waals surface area contributed by atoms with Crippen molar-refractivity contribution in [1.82, 2.24) is 10.6 Å². The second kappa shape index (κ2) is 6.26. The van der Waals surface area contributed by atoms with Crippen LogP contribution in [0.15, 0.2) is 0 Å². The van der Waals surface area contributed by atoms with Gasteiger partial charge in [-0.15, -0.1) is 0 Å². The minimum atomic E-state index is -0.911. The maximum absolute atomic E-state index is 11.9. The van der Waals surface area contributed by atoms with E-state index in [1.165, 1.54) is 0 Å². The molecule has 3 N–H and O–H groups in total. The lowest BCUT2D eigenvalue weighted by atomic mass is 9.93. The molecule has 0 spiro atoms. The van der Waals surface area contributed by atoms with Crippen molar-refractivity contribution in [3.05, 3.63) is 0 Å². The van der Waals surface area contributed by atoms with Crippen LogP contribution in [0.1, 0.15) is 53.4 Å². The molecule has 1 saturated carbocycles. The van der Waals surface area contributed by atoms with Crippen LogP contribution in [0.3, 0.4) is 0 Å². The molecule has 2 amide bonds. The van der Waals surface area contributed by atoms with E-state index < -0.39 is 11.5 Å². The van der Waals surface area contributed by atoms with E-state index in [2.05, 4.69) is 24.5 Å². The number of carbonyl (C=O) groups is 2. The number of nitrogens with one attached hydrogen (secondary N) is 2. The smallest absolute Gasteiger partial charge is 0.315 e. The molecule has 5 nitrogen and oxygen atoms in total. The summed E-state index contributed by atoms with van der Waals surface area (Å²) in [6.45, 7) is 7.79. The Bertz CT molecular complexity index is 342. The maximum Gasteiger partial charge on any atom is 0.315 e. The molecule has 5 heteroatoms. The first-order chi connectivity index (χ1) is 8.75. The Kier molecular flexibility index (Phi) is 5.20. The molecule has 0 aromatic carbocycles. The van der Waals surface area contributed by atoms with E-state index in [1.54, 1.807) is 13.8 Å². The van der Waals surface area contributed by atoms with E-state index in [-0.39, 0.29) is 18.5 Å². The van der Waals surface area contributed by atoms with Crippen LogP contribution in [-0.2, 0) is 4.79 Å². The van der Waals surface area contributed by atoms with Crippen molar-refractivity contribution < 1.29 is 14.7 Å². The summed E-state index contributed by atoms with van der Waals surface area (Å²) in [6.07, 6.45) is 3.22. The molecule has 0 aromatic heterocycles. The minimum absolute atomic E-state index is 0.0851. The van der Waals surface area contributed by atoms with Crippen molar-refractivity contribution in [2.45, 2.75) is 65.0 Å². The number of rotatable bonds is 5. The molecule has 1 aliphatic rings. The third kappa shape index (κ3) is 4.73. The summed E-state index contributed by atoms with van der Waals surface area (Å²) in [4.78, 5) is 22.6. The van der Waals surface area contributed by atoms with Crippen molar-refractivity contribution >= 4 is 12.0 Å². The molecule has 3 atom stereocenters. The van der Waals surface area contributed by atoms with E-state index in [0.29, 0.717) is 11.8 Å². The first-order valence-electron chi connectivity index (χ1n) is 7.05. The monoisotopic (exact) mass is 270 g/mol. The fourth-order valence-electron chi connectivity index (χ4n) is 2.96. The quantitative estimate of drug-likeness (QED) is 0.717. The van der Waals surface area contributed by atoms with Crippen LogP contribution in [0, 0.1) is 11.8 Å². The second-order valence-corrected chi connectivity index (χ2v) is 6.26. The number of carbonyl (C=O) groups excluding carboxylic acids is 1. The Hall–Kier alpha value is -1.26. The van der Waals surface area contributed by atoms with Gasteiger partial charge in [0.25, 0.3) is 0 Å². The Morgan fingerprint density at radius 1 is 1.32 bits per heavy atom. The Labute approximate surface area is 115 Å². The average molecular weight is 270 g/mol. The van der Waals surface area contributed by atoms with Gasteiger partial charge in [-0.2, -0.15) is 0 Å². The summed E-state index contributed by atoms with van der Waals surface area (Å²) in [7, 11) is 0. The molecule has 0 saturated heterocycles. The van der Waals surface area contributed by atoms with E-state index in [1.807, 2.05) is 0 Å². The summed E-state index contributed by atoms with van der Waals surface area (Å²) in [5, 5.41) is 14.5. The van der Waals surface area contributed by atoms with E-state index in [4.69, 9.17) is 5.11 Å². The van der Waals surface area contributed by atoms with Gasteiger partial charge < -0.3 is 15.7 Å². The number of carboxylic acids is 1. The molecule has 0 aliphatic heterocycles. The predicted molar refractivity (Wildman–Crippen MR) is 74.0 cm³/mol. The van der Waals surface area contributed by atoms with Gasteiger partial charge in [-0.05, 0) is 38.5 Å². The number of urea groups is 1. The first-order valence-corrected chi connectivity index (χ1v) is 7.05. The normalized spacial score (nSPS) is 27.1. The van der Waals surface area contributed by atoms with Gasteiger partial charge in [0.2, 0.25) is 0 Å². The molecule has 0 heterocycles. The summed E-state index contributed by atoms with van der Waals surface area (Å²) in [5.74, 6) is 0.251. The molecule has 0 bridgehead atoms. The molecule has 1 rings (SSSR count). The molecule has 1 aliphatic carbocycles. The van der Waals surface area contributed by atoms with Crippen LogP contribution < -0.4 is 10.6 Å². The predicted octanol–water partition coefficient (Wildman–Crippen LogP) is 2.36. The highest BCUT2D eigenvalue weighted by atomic mass is 16.4. The minimum Gasteiger partial charge on any atom is -0.481 e. The standard InChI is InChI=1S/C14H26N2O3/c1-5-10-6-7-11(9(10)2)15-13(19)16-14(3,4)8-12(17)18/h9-11H,5-8H2,1-4H3,(H,17,18)(H2,15,16,19). The van der Waals surface area contributed by atoms with Crippen LogP contribution in [0.2, 0.25) is 0 Å². The zero-order valence-corrected chi connectivity index (χ0v) is 12.3. The lowest BCUT2D eigenvalue weighted by molar-refractivity contribution is -0.138. The lowest BCUT2D eigenvalue weighted by Crippen LogP contribution is -2.52. The van der Waals surface area contributed by atoms with Crippen molar-refractivity contribution in [2.24, 2.45) is 11.8 Å². The van der Waals surface area contributed by atoms with E-state index in [0.717, 1.165) is 19.3 Å². The summed E-state index contributed by atoms with van der Waals surface area (Å²) in [6, 6.07) is -0.0644. The van der Waals surface area contributed by atoms with Crippen molar-refractivity contribution in [2.75, 3.05) is 0 Å². The molecule has 19 heavy (non-hydrogen) atoms. The van der Waals surface area contributed by atoms with Crippen molar-refractivity contribution in [3.8, 4) is 0 Å². The van der Waals surface area contributed by atoms with E-state index in [9.17, 15) is 9.59 Å². The Morgan fingerprint density at radius 3 is 2.42 bits per heavy atom. The lowest BCUT2D eigenvalue weighted by Gasteiger charge is -2.27. The van der Waals surface area contributed by atoms with Crippen LogP contribution >= 0.6 is 0 Å². The maximum atomic E-state index is 11.9. The van der Waals surface area contributed by atoms with Crippen LogP contribution in [0.4, 0.5) is 4.79 Å². The molecule has 1 fully saturated rings. The van der Waals surface area contributed by atoms with Gasteiger partial charge >= 0.3 is 12.0 Å². The fourth-order valence-corrected chi connectivity index (χ4v) is 2.96. The third-order valence-corrected chi connectivity index (χ3v) is 4.11. The number of hydrogen-bond donors (Lipinski definition) is 3. The largest absolute Gasteiger partial charge is 0.481 e. The van der Waals surface area contributed by atoms with Crippen LogP contribution in [0.5, 0.6) is 0 Å². The van der Waals surface area contributed by atoms with E-state index >= 15 is 0 Å². The third-order valence-electron chi connectivity index (χ3n) is 4.11. The number of hydrogen-bond acceptors (Lipinski definition) is 2. The summed E-state index contributed by atoms with van der Waals surface area (Å²) >= 11 is 0. The fraction of sp³-hybridized carbons (Fsp3) is 0.857. The van der Waals surface area contributed by atoms with Gasteiger partial charge in [0, 0.05) is 11.6 Å². The van der Waals surface area contributed by atoms with Gasteiger partial charge in [-0.25, -0.2) is 4.79 Å². The Balaban J connectivity index is 2.46. The van der Waals surface area contributed by atoms with Crippen molar-refractivity contribution in [1.29, 1.82) is 0 Å².